The van der Waals surface area contributed by atoms with Crippen molar-refractivity contribution in [1.82, 2.24) is 5.32 Å². The molecule has 1 heterocycles. The number of nitrogens with one attached hydrogen (secondary N) is 1. The second-order valence-corrected chi connectivity index (χ2v) is 5.45. The molecule has 0 aromatic rings. The monoisotopic (exact) mass is 213 g/mol. The lowest BCUT2D eigenvalue weighted by Gasteiger charge is -2.30. The topological polar surface area (TPSA) is 38.3 Å². The summed E-state index contributed by atoms with van der Waals surface area (Å²) in [6, 6.07) is 0. The van der Waals surface area contributed by atoms with Crippen LogP contribution < -0.4 is 5.32 Å². The highest BCUT2D eigenvalue weighted by Crippen LogP contribution is 2.22. The number of hydrogen-bond donors (Lipinski definition) is 1. The summed E-state index contributed by atoms with van der Waals surface area (Å²) in [5, 5.41) is 3.31. The number of ether oxygens (including phenoxy) is 1. The lowest BCUT2D eigenvalue weighted by molar-refractivity contribution is -0.160. The highest BCUT2D eigenvalue weighted by atomic mass is 16.5. The Hall–Kier alpha value is -0.570. The quantitative estimate of drug-likeness (QED) is 0.713. The van der Waals surface area contributed by atoms with Crippen LogP contribution in [0, 0.1) is 11.3 Å². The zero-order valence-electron chi connectivity index (χ0n) is 10.3. The van der Waals surface area contributed by atoms with Gasteiger partial charge in [-0.05, 0) is 59.5 Å². The molecule has 0 radical (unpaired) electrons. The smallest absolute Gasteiger partial charge is 0.311 e. The Morgan fingerprint density at radius 3 is 2.33 bits per heavy atom. The van der Waals surface area contributed by atoms with Crippen molar-refractivity contribution in [2.45, 2.75) is 46.6 Å². The number of rotatable bonds is 2. The molecule has 3 heteroatoms. The molecule has 1 saturated heterocycles. The summed E-state index contributed by atoms with van der Waals surface area (Å²) in [5.41, 5.74) is -0.388. The Morgan fingerprint density at radius 2 is 1.87 bits per heavy atom. The van der Waals surface area contributed by atoms with Crippen LogP contribution in [0.1, 0.15) is 40.5 Å². The summed E-state index contributed by atoms with van der Waals surface area (Å²) in [7, 11) is 0. The first-order valence-corrected chi connectivity index (χ1v) is 5.83. The fourth-order valence-corrected chi connectivity index (χ4v) is 1.76. The minimum Gasteiger partial charge on any atom is -0.462 e. The van der Waals surface area contributed by atoms with E-state index in [4.69, 9.17) is 4.74 Å². The van der Waals surface area contributed by atoms with Crippen LogP contribution >= 0.6 is 0 Å². The number of carbonyl (C=O) groups excluding carboxylic acids is 1. The molecule has 1 atom stereocenters. The minimum absolute atomic E-state index is 0.0545. The van der Waals surface area contributed by atoms with E-state index in [9.17, 15) is 4.79 Å². The first kappa shape index (κ1) is 12.5. The van der Waals surface area contributed by atoms with E-state index in [0.29, 0.717) is 5.92 Å². The Labute approximate surface area is 92.6 Å². The van der Waals surface area contributed by atoms with E-state index in [1.807, 2.05) is 27.7 Å². The minimum atomic E-state index is -0.388. The van der Waals surface area contributed by atoms with Crippen LogP contribution in [0.25, 0.3) is 0 Å². The van der Waals surface area contributed by atoms with E-state index in [1.54, 1.807) is 0 Å². The van der Waals surface area contributed by atoms with Crippen molar-refractivity contribution in [3.05, 3.63) is 0 Å². The van der Waals surface area contributed by atoms with Crippen molar-refractivity contribution in [1.29, 1.82) is 0 Å². The molecule has 0 bridgehead atoms. The van der Waals surface area contributed by atoms with Crippen LogP contribution in [0.3, 0.4) is 0 Å². The maximum Gasteiger partial charge on any atom is 0.311 e. The van der Waals surface area contributed by atoms with Crippen LogP contribution in [0.5, 0.6) is 0 Å². The van der Waals surface area contributed by atoms with Gasteiger partial charge in [-0.3, -0.25) is 4.79 Å². The van der Waals surface area contributed by atoms with E-state index >= 15 is 0 Å². The molecule has 0 spiro atoms. The standard InChI is InChI=1S/C12H23NO2/c1-9(10-5-7-13-8-6-10)15-11(14)12(2,3)4/h9-10,13H,5-8H2,1-4H3. The summed E-state index contributed by atoms with van der Waals surface area (Å²) in [5.74, 6) is 0.436. The van der Waals surface area contributed by atoms with E-state index < -0.39 is 0 Å². The van der Waals surface area contributed by atoms with Crippen LogP contribution in [0.4, 0.5) is 0 Å². The third kappa shape index (κ3) is 3.82. The Kier molecular flexibility index (Phi) is 4.14. The van der Waals surface area contributed by atoms with Gasteiger partial charge in [0.05, 0.1) is 5.41 Å². The van der Waals surface area contributed by atoms with Gasteiger partial charge >= 0.3 is 5.97 Å². The molecule has 0 saturated carbocycles. The lowest BCUT2D eigenvalue weighted by atomic mass is 9.92. The normalized spacial score (nSPS) is 21.1. The molecule has 3 nitrogen and oxygen atoms in total. The third-order valence-electron chi connectivity index (χ3n) is 2.95. The number of hydrogen-bond acceptors (Lipinski definition) is 3. The average Bonchev–Trinajstić information content (AvgIpc) is 2.17. The fourth-order valence-electron chi connectivity index (χ4n) is 1.76. The molecule has 0 aliphatic carbocycles. The molecule has 0 amide bonds. The second-order valence-electron chi connectivity index (χ2n) is 5.45. The predicted molar refractivity (Wildman–Crippen MR) is 60.6 cm³/mol. The second kappa shape index (κ2) is 4.97. The van der Waals surface area contributed by atoms with Crippen molar-refractivity contribution < 1.29 is 9.53 Å². The number of carbonyl (C=O) groups is 1. The highest BCUT2D eigenvalue weighted by molar-refractivity contribution is 5.75. The Morgan fingerprint density at radius 1 is 1.33 bits per heavy atom. The van der Waals surface area contributed by atoms with E-state index in [1.165, 1.54) is 0 Å². The molecule has 1 rings (SSSR count). The van der Waals surface area contributed by atoms with Gasteiger partial charge in [-0.1, -0.05) is 0 Å². The van der Waals surface area contributed by atoms with Gasteiger partial charge in [0.1, 0.15) is 6.10 Å². The van der Waals surface area contributed by atoms with Gasteiger partial charge in [-0.15, -0.1) is 0 Å². The molecule has 1 unspecified atom stereocenters. The molecule has 0 aromatic carbocycles. The zero-order valence-corrected chi connectivity index (χ0v) is 10.3. The van der Waals surface area contributed by atoms with Crippen LogP contribution in [0.15, 0.2) is 0 Å². The first-order valence-electron chi connectivity index (χ1n) is 5.83. The van der Waals surface area contributed by atoms with Crippen molar-refractivity contribution in [2.75, 3.05) is 13.1 Å². The van der Waals surface area contributed by atoms with Gasteiger partial charge in [-0.25, -0.2) is 0 Å². The average molecular weight is 213 g/mol. The van der Waals surface area contributed by atoms with Gasteiger partial charge in [0.25, 0.3) is 0 Å². The first-order chi connectivity index (χ1) is 6.91. The third-order valence-corrected chi connectivity index (χ3v) is 2.95. The summed E-state index contributed by atoms with van der Waals surface area (Å²) in [4.78, 5) is 11.7. The Balaban J connectivity index is 2.40. The molecular formula is C12H23NO2. The molecule has 1 N–H and O–H groups in total. The van der Waals surface area contributed by atoms with Crippen molar-refractivity contribution in [3.8, 4) is 0 Å². The highest BCUT2D eigenvalue weighted by Gasteiger charge is 2.28. The summed E-state index contributed by atoms with van der Waals surface area (Å²) < 4.78 is 5.49. The molecule has 88 valence electrons. The molecule has 1 aliphatic rings. The van der Waals surface area contributed by atoms with Crippen LogP contribution in [-0.2, 0) is 9.53 Å². The SMILES string of the molecule is CC(OC(=O)C(C)(C)C)C1CCNCC1. The summed E-state index contributed by atoms with van der Waals surface area (Å²) in [6.45, 7) is 9.78. The van der Waals surface area contributed by atoms with Gasteiger partial charge in [-0.2, -0.15) is 0 Å². The largest absolute Gasteiger partial charge is 0.462 e. The van der Waals surface area contributed by atoms with Gasteiger partial charge in [0.15, 0.2) is 0 Å². The van der Waals surface area contributed by atoms with Gasteiger partial charge in [0, 0.05) is 0 Å². The summed E-state index contributed by atoms with van der Waals surface area (Å²) >= 11 is 0. The van der Waals surface area contributed by atoms with Crippen molar-refractivity contribution >= 4 is 5.97 Å². The van der Waals surface area contributed by atoms with Crippen molar-refractivity contribution in [3.63, 3.8) is 0 Å². The van der Waals surface area contributed by atoms with E-state index in [2.05, 4.69) is 5.32 Å². The Bertz CT molecular complexity index is 214. The van der Waals surface area contributed by atoms with Crippen LogP contribution in [0.2, 0.25) is 0 Å². The van der Waals surface area contributed by atoms with Crippen LogP contribution in [-0.4, -0.2) is 25.2 Å². The van der Waals surface area contributed by atoms with Crippen molar-refractivity contribution in [2.24, 2.45) is 11.3 Å². The maximum absolute atomic E-state index is 11.7. The molecular weight excluding hydrogens is 190 g/mol. The predicted octanol–water partition coefficient (Wildman–Crippen LogP) is 1.96. The number of esters is 1. The molecule has 1 aliphatic heterocycles. The molecule has 1 fully saturated rings. The zero-order chi connectivity index (χ0) is 11.5. The number of piperidine rings is 1. The van der Waals surface area contributed by atoms with Gasteiger partial charge < -0.3 is 10.1 Å². The maximum atomic E-state index is 11.7. The molecule has 15 heavy (non-hydrogen) atoms. The van der Waals surface area contributed by atoms with Gasteiger partial charge in [0.2, 0.25) is 0 Å². The van der Waals surface area contributed by atoms with E-state index in [-0.39, 0.29) is 17.5 Å². The molecule has 0 aromatic heterocycles. The lowest BCUT2D eigenvalue weighted by Crippen LogP contribution is -2.37. The fraction of sp³-hybridized carbons (Fsp3) is 0.917. The summed E-state index contributed by atoms with van der Waals surface area (Å²) in [6.07, 6.45) is 2.27. The van der Waals surface area contributed by atoms with E-state index in [0.717, 1.165) is 25.9 Å².